The van der Waals surface area contributed by atoms with Crippen LogP contribution in [0, 0.1) is 11.3 Å². The molecule has 1 heterocycles. The summed E-state index contributed by atoms with van der Waals surface area (Å²) in [4.78, 5) is 0. The zero-order chi connectivity index (χ0) is 24.7. The molecule has 4 rings (SSSR count). The lowest BCUT2D eigenvalue weighted by atomic mass is 10.0. The van der Waals surface area contributed by atoms with E-state index in [9.17, 15) is 5.26 Å². The van der Waals surface area contributed by atoms with Crippen molar-refractivity contribution in [2.75, 3.05) is 0 Å². The second-order valence-electron chi connectivity index (χ2n) is 10.7. The fourth-order valence-electron chi connectivity index (χ4n) is 4.03. The van der Waals surface area contributed by atoms with E-state index >= 15 is 0 Å². The van der Waals surface area contributed by atoms with Crippen LogP contribution in [0.3, 0.4) is 0 Å². The zero-order valence-electron chi connectivity index (χ0n) is 21.1. The number of hydrogen-bond donors (Lipinski definition) is 0. The Morgan fingerprint density at radius 3 is 2.53 bits per heavy atom. The summed E-state index contributed by atoms with van der Waals surface area (Å²) in [5, 5.41) is 20.4. The van der Waals surface area contributed by atoms with Crippen LogP contribution >= 0.6 is 11.3 Å². The quantitative estimate of drug-likeness (QED) is 0.333. The van der Waals surface area contributed by atoms with E-state index in [1.165, 1.54) is 11.1 Å². The molecule has 1 unspecified atom stereocenters. The maximum atomic E-state index is 9.58. The molecular formula is C27H33N3O2SSi. The molecule has 2 aromatic carbocycles. The monoisotopic (exact) mass is 491 g/mol. The van der Waals surface area contributed by atoms with Gasteiger partial charge in [0, 0.05) is 11.1 Å². The summed E-state index contributed by atoms with van der Waals surface area (Å²) in [6, 6.07) is 14.3. The van der Waals surface area contributed by atoms with Crippen LogP contribution < -0.4 is 4.74 Å². The third kappa shape index (κ3) is 4.81. The van der Waals surface area contributed by atoms with Crippen LogP contribution in [0.2, 0.25) is 18.1 Å². The van der Waals surface area contributed by atoms with Crippen LogP contribution in [0.15, 0.2) is 36.4 Å². The molecule has 0 radical (unpaired) electrons. The summed E-state index contributed by atoms with van der Waals surface area (Å²) in [7, 11) is -1.86. The molecule has 0 spiro atoms. The average molecular weight is 492 g/mol. The van der Waals surface area contributed by atoms with Crippen LogP contribution in [0.1, 0.15) is 63.8 Å². The summed E-state index contributed by atoms with van der Waals surface area (Å²) >= 11 is 1.56. The number of rotatable bonds is 6. The summed E-state index contributed by atoms with van der Waals surface area (Å²) in [5.41, 5.74) is 5.15. The van der Waals surface area contributed by atoms with Crippen molar-refractivity contribution in [1.82, 2.24) is 10.2 Å². The molecule has 0 fully saturated rings. The predicted octanol–water partition coefficient (Wildman–Crippen LogP) is 7.54. The Bertz CT molecular complexity index is 1240. The summed E-state index contributed by atoms with van der Waals surface area (Å²) in [5.74, 6) is 0.597. The molecule has 0 saturated carbocycles. The van der Waals surface area contributed by atoms with Crippen molar-refractivity contribution in [3.8, 4) is 33.0 Å². The van der Waals surface area contributed by atoms with Crippen LogP contribution in [0.4, 0.5) is 0 Å². The Labute approximate surface area is 207 Å². The molecule has 1 aliphatic rings. The Balaban J connectivity index is 1.63. The third-order valence-electron chi connectivity index (χ3n) is 6.82. The Hall–Kier alpha value is -2.53. The van der Waals surface area contributed by atoms with Crippen molar-refractivity contribution < 1.29 is 9.16 Å². The van der Waals surface area contributed by atoms with E-state index in [1.807, 2.05) is 32.0 Å². The summed E-state index contributed by atoms with van der Waals surface area (Å²) in [6.45, 7) is 15.4. The van der Waals surface area contributed by atoms with Gasteiger partial charge in [-0.2, -0.15) is 5.26 Å². The highest BCUT2D eigenvalue weighted by molar-refractivity contribution is 7.17. The number of benzene rings is 2. The largest absolute Gasteiger partial charge is 0.490 e. The number of nitrogens with zero attached hydrogens (tertiary/aromatic N) is 3. The first-order valence-electron chi connectivity index (χ1n) is 11.8. The molecule has 7 heteroatoms. The number of fused-ring (bicyclic) bond motifs is 1. The molecule has 0 saturated heterocycles. The molecule has 1 atom stereocenters. The molecule has 178 valence electrons. The van der Waals surface area contributed by atoms with Crippen molar-refractivity contribution in [3.05, 3.63) is 53.1 Å². The van der Waals surface area contributed by atoms with Crippen molar-refractivity contribution >= 4 is 19.7 Å². The zero-order valence-corrected chi connectivity index (χ0v) is 22.9. The van der Waals surface area contributed by atoms with Crippen LogP contribution in [-0.2, 0) is 10.8 Å². The molecule has 1 aromatic heterocycles. The second-order valence-corrected chi connectivity index (χ2v) is 16.4. The predicted molar refractivity (Wildman–Crippen MR) is 141 cm³/mol. The van der Waals surface area contributed by atoms with E-state index < -0.39 is 8.32 Å². The summed E-state index contributed by atoms with van der Waals surface area (Å²) < 4.78 is 12.5. The van der Waals surface area contributed by atoms with Gasteiger partial charge in [-0.15, -0.1) is 10.2 Å². The van der Waals surface area contributed by atoms with Gasteiger partial charge in [0.2, 0.25) is 0 Å². The van der Waals surface area contributed by atoms with Gasteiger partial charge in [0.1, 0.15) is 21.8 Å². The van der Waals surface area contributed by atoms with E-state index in [2.05, 4.69) is 68.3 Å². The maximum Gasteiger partial charge on any atom is 0.192 e. The highest BCUT2D eigenvalue weighted by Gasteiger charge is 2.41. The first kappa shape index (κ1) is 24.6. The third-order valence-corrected chi connectivity index (χ3v) is 12.3. The highest BCUT2D eigenvalue weighted by Crippen LogP contribution is 2.46. The minimum atomic E-state index is -1.86. The lowest BCUT2D eigenvalue weighted by Crippen LogP contribution is -2.41. The number of aromatic nitrogens is 2. The van der Waals surface area contributed by atoms with Gasteiger partial charge in [-0.3, -0.25) is 0 Å². The molecule has 5 nitrogen and oxygen atoms in total. The van der Waals surface area contributed by atoms with Gasteiger partial charge in [0.25, 0.3) is 0 Å². The van der Waals surface area contributed by atoms with Crippen LogP contribution in [0.5, 0.6) is 5.75 Å². The van der Waals surface area contributed by atoms with E-state index in [4.69, 9.17) is 9.16 Å². The maximum absolute atomic E-state index is 9.58. The van der Waals surface area contributed by atoms with Gasteiger partial charge in [-0.25, -0.2) is 0 Å². The van der Waals surface area contributed by atoms with Crippen molar-refractivity contribution in [1.29, 1.82) is 5.26 Å². The van der Waals surface area contributed by atoms with Gasteiger partial charge in [-0.1, -0.05) is 50.3 Å². The molecule has 0 N–H and O–H groups in total. The average Bonchev–Trinajstić information content (AvgIpc) is 3.40. The molecule has 3 aromatic rings. The van der Waals surface area contributed by atoms with Crippen molar-refractivity contribution in [2.45, 2.75) is 77.8 Å². The number of hydrogen-bond acceptors (Lipinski definition) is 6. The smallest absolute Gasteiger partial charge is 0.192 e. The minimum absolute atomic E-state index is 0.00991. The van der Waals surface area contributed by atoms with E-state index in [1.54, 1.807) is 11.3 Å². The molecule has 0 amide bonds. The van der Waals surface area contributed by atoms with Gasteiger partial charge in [-0.05, 0) is 74.1 Å². The number of nitriles is 1. The SMILES string of the molecule is CC(C)Oc1ccc(-c2nnc(-c3cccc4c3CCC4O[Si](C)(C)C(C)(C)C)s2)cc1C#N. The highest BCUT2D eigenvalue weighted by atomic mass is 32.1. The first-order chi connectivity index (χ1) is 16.0. The topological polar surface area (TPSA) is 68.0 Å². The van der Waals surface area contributed by atoms with E-state index in [0.29, 0.717) is 11.3 Å². The minimum Gasteiger partial charge on any atom is -0.490 e. The van der Waals surface area contributed by atoms with Crippen molar-refractivity contribution in [3.63, 3.8) is 0 Å². The van der Waals surface area contributed by atoms with Gasteiger partial charge in [0.15, 0.2) is 8.32 Å². The summed E-state index contributed by atoms with van der Waals surface area (Å²) in [6.07, 6.45) is 2.15. The molecule has 1 aliphatic carbocycles. The molecule has 34 heavy (non-hydrogen) atoms. The number of ether oxygens (including phenoxy) is 1. The standard InChI is InChI=1S/C27H33N3O2SSi/c1-17(2)31-23-13-11-18(15-19(23)16-28)25-29-30-26(33-25)22-10-8-9-21-20(22)12-14-24(21)32-34(6,7)27(3,4)5/h8-11,13,15,17,24H,12,14H2,1-7H3. The Kier molecular flexibility index (Phi) is 6.69. The fraction of sp³-hybridized carbons (Fsp3) is 0.444. The van der Waals surface area contributed by atoms with Gasteiger partial charge < -0.3 is 9.16 Å². The Morgan fingerprint density at radius 1 is 1.12 bits per heavy atom. The van der Waals surface area contributed by atoms with Crippen LogP contribution in [-0.4, -0.2) is 24.6 Å². The van der Waals surface area contributed by atoms with Crippen molar-refractivity contribution in [2.24, 2.45) is 0 Å². The first-order valence-corrected chi connectivity index (χ1v) is 15.6. The van der Waals surface area contributed by atoms with E-state index in [0.717, 1.165) is 34.0 Å². The van der Waals surface area contributed by atoms with Gasteiger partial charge in [0.05, 0.1) is 17.8 Å². The van der Waals surface area contributed by atoms with Crippen LogP contribution in [0.25, 0.3) is 21.1 Å². The lowest BCUT2D eigenvalue weighted by Gasteiger charge is -2.38. The molecular weight excluding hydrogens is 458 g/mol. The van der Waals surface area contributed by atoms with Gasteiger partial charge >= 0.3 is 0 Å². The molecule has 0 bridgehead atoms. The second kappa shape index (κ2) is 9.25. The molecule has 0 aliphatic heterocycles. The lowest BCUT2D eigenvalue weighted by molar-refractivity contribution is 0.185. The fourth-order valence-corrected chi connectivity index (χ4v) is 6.23. The Morgan fingerprint density at radius 2 is 1.85 bits per heavy atom. The van der Waals surface area contributed by atoms with E-state index in [-0.39, 0.29) is 17.2 Å². The normalized spacial score (nSPS) is 15.9.